The quantitative estimate of drug-likeness (QED) is 0.0296. The van der Waals surface area contributed by atoms with Crippen LogP contribution in [0.5, 0.6) is 0 Å². The minimum atomic E-state index is -2.78. The number of aliphatic imine (C=N–C) groups is 7. The van der Waals surface area contributed by atoms with Crippen molar-refractivity contribution < 1.29 is 8.95 Å². The summed E-state index contributed by atoms with van der Waals surface area (Å²) in [6.45, 7) is 13.9. The van der Waals surface area contributed by atoms with Crippen LogP contribution < -0.4 is 0 Å². The zero-order valence-corrected chi connectivity index (χ0v) is 60.5. The number of hydrogen-bond donors (Lipinski definition) is 0. The van der Waals surface area contributed by atoms with E-state index in [2.05, 4.69) is 192 Å². The highest BCUT2D eigenvalue weighted by atomic mass is 28.4. The number of nitrogens with zero attached hydrogens (tertiary/aromatic N) is 8. The molecule has 0 radical (unpaired) electrons. The van der Waals surface area contributed by atoms with Gasteiger partial charge in [0.15, 0.2) is 49.2 Å². The topological polar surface area (TPSA) is 108 Å². The van der Waals surface area contributed by atoms with Gasteiger partial charge in [0.2, 0.25) is 8.32 Å². The highest BCUT2D eigenvalue weighted by molar-refractivity contribution is 6.74. The first-order valence-corrected chi connectivity index (χ1v) is 42.7. The lowest BCUT2D eigenvalue weighted by molar-refractivity contribution is 0.0743. The van der Waals surface area contributed by atoms with Crippen molar-refractivity contribution in [3.05, 3.63) is 190 Å². The first-order valence-electron chi connectivity index (χ1n) is 37.7. The van der Waals surface area contributed by atoms with Gasteiger partial charge in [-0.15, -0.1) is 0 Å². The van der Waals surface area contributed by atoms with Gasteiger partial charge < -0.3 is 8.95 Å². The number of rotatable bonds is 34. The zero-order valence-electron chi connectivity index (χ0n) is 58.5. The minimum absolute atomic E-state index is 0.554. The van der Waals surface area contributed by atoms with E-state index in [1.807, 2.05) is 0 Å². The Kier molecular flexibility index (Phi) is 21.7. The summed E-state index contributed by atoms with van der Waals surface area (Å²) >= 11 is 0. The van der Waals surface area contributed by atoms with Crippen LogP contribution in [-0.2, 0) is 14.8 Å². The molecule has 8 bridgehead atoms. The van der Waals surface area contributed by atoms with E-state index in [1.54, 1.807) is 0 Å². The highest BCUT2D eigenvalue weighted by Gasteiger charge is 2.51. The van der Waals surface area contributed by atoms with E-state index < -0.39 is 22.5 Å². The van der Waals surface area contributed by atoms with Crippen molar-refractivity contribution in [1.29, 1.82) is 0 Å². The Morgan fingerprint density at radius 1 is 0.292 bits per heavy atom. The summed E-state index contributed by atoms with van der Waals surface area (Å²) in [7, 11) is -5.51. The van der Waals surface area contributed by atoms with Gasteiger partial charge in [-0.3, -0.25) is 0 Å². The molecule has 0 aliphatic carbocycles. The summed E-state index contributed by atoms with van der Waals surface area (Å²) in [6.07, 6.45) is 28.2. The van der Waals surface area contributed by atoms with Crippen molar-refractivity contribution in [3.8, 4) is 0 Å². The monoisotopic (exact) mass is 1310 g/mol. The van der Waals surface area contributed by atoms with Crippen molar-refractivity contribution in [2.75, 3.05) is 0 Å². The van der Waals surface area contributed by atoms with Gasteiger partial charge in [-0.25, -0.2) is 34.9 Å². The molecule has 96 heavy (non-hydrogen) atoms. The maximum Gasteiger partial charge on any atom is 0.280 e. The minimum Gasteiger partial charge on any atom is -0.373 e. The molecule has 5 heterocycles. The van der Waals surface area contributed by atoms with Gasteiger partial charge in [0.1, 0.15) is 0 Å². The van der Waals surface area contributed by atoms with Crippen LogP contribution in [-0.4, -0.2) is 62.5 Å². The zero-order chi connectivity index (χ0) is 65.9. The van der Waals surface area contributed by atoms with Crippen LogP contribution in [0.3, 0.4) is 0 Å². The summed E-state index contributed by atoms with van der Waals surface area (Å²) in [5, 5.41) is 11.0. The number of hydroxylamine groups is 2. The second-order valence-corrected chi connectivity index (χ2v) is 36.5. The summed E-state index contributed by atoms with van der Waals surface area (Å²) < 4.78 is 17.1. The van der Waals surface area contributed by atoms with Gasteiger partial charge in [0, 0.05) is 44.5 Å². The average molecular weight is 1310 g/mol. The van der Waals surface area contributed by atoms with E-state index >= 15 is 0 Å². The number of benzene rings is 8. The lowest BCUT2D eigenvalue weighted by Gasteiger charge is -2.39. The third-order valence-corrected chi connectivity index (χ3v) is 30.0. The molecular formula is C84H102N8O2Si2. The maximum absolute atomic E-state index is 8.60. The molecule has 498 valence electrons. The fourth-order valence-corrected chi connectivity index (χ4v) is 24.5. The Balaban J connectivity index is 1.13. The molecule has 5 aliphatic rings. The smallest absolute Gasteiger partial charge is 0.280 e. The molecule has 0 amide bonds. The second kappa shape index (κ2) is 31.0. The van der Waals surface area contributed by atoms with Crippen LogP contribution in [0, 0.1) is 0 Å². The molecule has 13 rings (SSSR count). The van der Waals surface area contributed by atoms with Crippen molar-refractivity contribution in [2.45, 2.75) is 238 Å². The largest absolute Gasteiger partial charge is 0.373 e. The third-order valence-electron chi connectivity index (χ3n) is 21.1. The number of amidine groups is 7. The number of unbranched alkanes of at least 4 members (excludes halogenated alkanes) is 18. The normalized spacial score (nSPS) is 16.4. The molecule has 5 aliphatic heterocycles. The van der Waals surface area contributed by atoms with Crippen molar-refractivity contribution in [2.24, 2.45) is 34.9 Å². The molecule has 0 spiro atoms. The van der Waals surface area contributed by atoms with Crippen LogP contribution >= 0.6 is 0 Å². The summed E-state index contributed by atoms with van der Waals surface area (Å²) in [4.78, 5) is 41.7. The molecule has 1 atom stereocenters. The maximum atomic E-state index is 8.60. The molecule has 0 N–H and O–H groups in total. The molecule has 0 fully saturated rings. The van der Waals surface area contributed by atoms with E-state index in [4.69, 9.17) is 43.9 Å². The van der Waals surface area contributed by atoms with E-state index in [9.17, 15) is 0 Å². The van der Waals surface area contributed by atoms with Gasteiger partial charge in [-0.1, -0.05) is 293 Å². The van der Waals surface area contributed by atoms with Gasteiger partial charge in [0.05, 0.1) is 0 Å². The van der Waals surface area contributed by atoms with Crippen LogP contribution in [0.1, 0.15) is 240 Å². The first-order chi connectivity index (χ1) is 47.2. The highest BCUT2D eigenvalue weighted by Crippen LogP contribution is 2.48. The second-order valence-electron chi connectivity index (χ2n) is 28.4. The molecule has 10 nitrogen and oxygen atoms in total. The Morgan fingerprint density at radius 2 is 0.562 bits per heavy atom. The molecule has 1 unspecified atom stereocenters. The summed E-state index contributed by atoms with van der Waals surface area (Å²) in [6, 6.07) is 59.5. The van der Waals surface area contributed by atoms with E-state index in [-0.39, 0.29) is 0 Å². The Bertz CT molecular complexity index is 4290. The molecule has 8 aromatic rings. The lowest BCUT2D eigenvalue weighted by atomic mass is 9.98. The van der Waals surface area contributed by atoms with E-state index in [1.165, 1.54) is 116 Å². The van der Waals surface area contributed by atoms with Crippen LogP contribution in [0.2, 0.25) is 36.3 Å². The van der Waals surface area contributed by atoms with Gasteiger partial charge in [-0.2, -0.15) is 5.06 Å². The van der Waals surface area contributed by atoms with E-state index in [0.29, 0.717) is 40.8 Å². The number of hydrogen-bond acceptors (Lipinski definition) is 10. The lowest BCUT2D eigenvalue weighted by Crippen LogP contribution is -2.49. The van der Waals surface area contributed by atoms with E-state index in [0.717, 1.165) is 162 Å². The van der Waals surface area contributed by atoms with Crippen LogP contribution in [0.15, 0.2) is 181 Å². The van der Waals surface area contributed by atoms with Gasteiger partial charge in [0.25, 0.3) is 5.85 Å². The van der Waals surface area contributed by atoms with Gasteiger partial charge >= 0.3 is 0 Å². The fourth-order valence-electron chi connectivity index (χ4n) is 15.7. The average Bonchev–Trinajstić information content (AvgIpc) is 1.56. The summed E-state index contributed by atoms with van der Waals surface area (Å²) in [5.41, 5.74) is 7.40. The molecule has 0 aromatic heterocycles. The Morgan fingerprint density at radius 3 is 0.917 bits per heavy atom. The Hall–Kier alpha value is -7.36. The molecule has 12 heteroatoms. The van der Waals surface area contributed by atoms with Crippen molar-refractivity contribution in [1.82, 2.24) is 5.06 Å². The fraction of sp³-hybridized carbons (Fsp3) is 0.440. The molecule has 0 saturated heterocycles. The van der Waals surface area contributed by atoms with Crippen LogP contribution in [0.25, 0.3) is 43.1 Å². The molecule has 8 aromatic carbocycles. The predicted octanol–water partition coefficient (Wildman–Crippen LogP) is 23.4. The predicted molar refractivity (Wildman–Crippen MR) is 412 cm³/mol. The third kappa shape index (κ3) is 14.5. The van der Waals surface area contributed by atoms with Gasteiger partial charge in [-0.05, 0) is 128 Å². The standard InChI is InChI=1S/C84H102N8O2Si2/c1-7-13-19-33-47-95(48-34-20-14-8-2,49-35-21-15-9-3)93-84-76-60-68-46-32-31-45-67(68)59-75(76)81(91-84)87-79-72-56-64-42-28-30-44-66(64)58-74(72)83(89-79)92(94-96(50-36-22-16-10-4,51-37-23-17-11-5)52-38-24-18-12-6)82-73-57-65-43-29-27-41-63(65)55-71(73)78(88-82)85-77-69-53-61-39-25-26-40-62(61)54-70(69)80(86-77)90-84/h25-32,39-46,53-60H,7-24,33-38,47-52H2,1-6H3. The Labute approximate surface area is 574 Å². The van der Waals surface area contributed by atoms with Crippen molar-refractivity contribution >= 4 is 101 Å². The molecular weight excluding hydrogens is 1210 g/mol. The van der Waals surface area contributed by atoms with Crippen LogP contribution in [0.4, 0.5) is 0 Å². The first kappa shape index (κ1) is 67.2. The molecule has 0 saturated carbocycles. The summed E-state index contributed by atoms with van der Waals surface area (Å²) in [5.74, 6) is 2.68. The number of fused-ring (bicyclic) bond motifs is 20. The SMILES string of the molecule is CCCCCC[Si](CCCCCC)(CCCCCC)ON1C2=NC(=NC3=NC(=NC4(O[Si](CCCCCC)(CCCCCC)CCCCCC)N=C(N=C5N=C1c1cc6ccccc6cc15)c1cc5ccccc5cc14)c1cc4ccccc4cc13)c1cc3ccccc3cc12. The van der Waals surface area contributed by atoms with Crippen molar-refractivity contribution in [3.63, 3.8) is 0 Å².